The molecule has 0 aliphatic rings. The van der Waals surface area contributed by atoms with E-state index >= 15 is 0 Å². The second kappa shape index (κ2) is 4.01. The Morgan fingerprint density at radius 2 is 1.76 bits per heavy atom. The van der Waals surface area contributed by atoms with Crippen molar-refractivity contribution in [3.8, 4) is 0 Å². The van der Waals surface area contributed by atoms with Crippen molar-refractivity contribution in [2.24, 2.45) is 0 Å². The van der Waals surface area contributed by atoms with Crippen molar-refractivity contribution >= 4 is 10.9 Å². The lowest BCUT2D eigenvalue weighted by Crippen LogP contribution is -2.03. The normalized spacial score (nSPS) is 10.9. The van der Waals surface area contributed by atoms with Crippen LogP contribution >= 0.6 is 0 Å². The molecule has 0 amide bonds. The fraction of sp³-hybridized carbons (Fsp3) is 0.0714. The summed E-state index contributed by atoms with van der Waals surface area (Å²) in [6.07, 6.45) is 1.80. The van der Waals surface area contributed by atoms with E-state index in [0.29, 0.717) is 12.1 Å². The molecule has 84 valence electrons. The highest BCUT2D eigenvalue weighted by atomic mass is 19.1. The molecule has 0 spiro atoms. The molecule has 0 N–H and O–H groups in total. The summed E-state index contributed by atoms with van der Waals surface area (Å²) >= 11 is 0. The van der Waals surface area contributed by atoms with Crippen molar-refractivity contribution in [3.63, 3.8) is 0 Å². The van der Waals surface area contributed by atoms with Crippen LogP contribution in [-0.4, -0.2) is 9.78 Å². The van der Waals surface area contributed by atoms with Crippen LogP contribution in [-0.2, 0) is 6.54 Å². The SMILES string of the molecule is Fc1ccccc1Cn1ncc2ccccc21. The van der Waals surface area contributed by atoms with Gasteiger partial charge in [-0.25, -0.2) is 4.39 Å². The monoisotopic (exact) mass is 226 g/mol. The Bertz CT molecular complexity index is 658. The smallest absolute Gasteiger partial charge is 0.128 e. The average molecular weight is 226 g/mol. The number of rotatable bonds is 2. The van der Waals surface area contributed by atoms with Crippen molar-refractivity contribution in [1.29, 1.82) is 0 Å². The van der Waals surface area contributed by atoms with E-state index in [9.17, 15) is 4.39 Å². The molecule has 0 aliphatic heterocycles. The van der Waals surface area contributed by atoms with Gasteiger partial charge in [-0.3, -0.25) is 4.68 Å². The number of benzene rings is 2. The molecule has 0 bridgehead atoms. The van der Waals surface area contributed by atoms with E-state index < -0.39 is 0 Å². The van der Waals surface area contributed by atoms with Crippen molar-refractivity contribution < 1.29 is 4.39 Å². The van der Waals surface area contributed by atoms with Crippen LogP contribution in [0.4, 0.5) is 4.39 Å². The van der Waals surface area contributed by atoms with Crippen LogP contribution in [0.5, 0.6) is 0 Å². The van der Waals surface area contributed by atoms with Crippen LogP contribution in [0.3, 0.4) is 0 Å². The highest BCUT2D eigenvalue weighted by Crippen LogP contribution is 2.15. The van der Waals surface area contributed by atoms with Gasteiger partial charge in [0.2, 0.25) is 0 Å². The maximum Gasteiger partial charge on any atom is 0.128 e. The minimum absolute atomic E-state index is 0.188. The van der Waals surface area contributed by atoms with Gasteiger partial charge in [-0.05, 0) is 12.1 Å². The molecule has 0 unspecified atom stereocenters. The minimum Gasteiger partial charge on any atom is -0.260 e. The van der Waals surface area contributed by atoms with Gasteiger partial charge in [0, 0.05) is 10.9 Å². The average Bonchev–Trinajstić information content (AvgIpc) is 2.76. The predicted molar refractivity (Wildman–Crippen MR) is 65.2 cm³/mol. The largest absolute Gasteiger partial charge is 0.260 e. The quantitative estimate of drug-likeness (QED) is 0.656. The maximum atomic E-state index is 13.5. The summed E-state index contributed by atoms with van der Waals surface area (Å²) in [5, 5.41) is 5.35. The number of aromatic nitrogens is 2. The summed E-state index contributed by atoms with van der Waals surface area (Å²) in [6.45, 7) is 0.459. The van der Waals surface area contributed by atoms with Gasteiger partial charge in [-0.15, -0.1) is 0 Å². The Morgan fingerprint density at radius 3 is 2.65 bits per heavy atom. The van der Waals surface area contributed by atoms with E-state index in [0.717, 1.165) is 10.9 Å². The van der Waals surface area contributed by atoms with E-state index in [-0.39, 0.29) is 5.82 Å². The van der Waals surface area contributed by atoms with Crippen molar-refractivity contribution in [2.45, 2.75) is 6.54 Å². The lowest BCUT2D eigenvalue weighted by atomic mass is 10.2. The highest BCUT2D eigenvalue weighted by Gasteiger charge is 2.05. The molecular formula is C14H11FN2. The van der Waals surface area contributed by atoms with E-state index in [1.165, 1.54) is 6.07 Å². The molecule has 2 nitrogen and oxygen atoms in total. The maximum absolute atomic E-state index is 13.5. The lowest BCUT2D eigenvalue weighted by molar-refractivity contribution is 0.590. The van der Waals surface area contributed by atoms with Gasteiger partial charge in [-0.2, -0.15) is 5.10 Å². The third kappa shape index (κ3) is 1.80. The molecule has 0 saturated heterocycles. The number of hydrogen-bond donors (Lipinski definition) is 0. The number of fused-ring (bicyclic) bond motifs is 1. The van der Waals surface area contributed by atoms with Crippen LogP contribution in [0.15, 0.2) is 54.7 Å². The second-order valence-electron chi connectivity index (χ2n) is 3.95. The van der Waals surface area contributed by atoms with Crippen LogP contribution < -0.4 is 0 Å². The van der Waals surface area contributed by atoms with Gasteiger partial charge in [0.05, 0.1) is 18.3 Å². The molecule has 1 heterocycles. The second-order valence-corrected chi connectivity index (χ2v) is 3.95. The summed E-state index contributed by atoms with van der Waals surface area (Å²) < 4.78 is 15.4. The number of halogens is 1. The highest BCUT2D eigenvalue weighted by molar-refractivity contribution is 5.78. The summed E-state index contributed by atoms with van der Waals surface area (Å²) in [4.78, 5) is 0. The molecule has 3 aromatic rings. The van der Waals surface area contributed by atoms with Crippen LogP contribution in [0.25, 0.3) is 10.9 Å². The van der Waals surface area contributed by atoms with Gasteiger partial charge in [0.1, 0.15) is 5.82 Å². The third-order valence-corrected chi connectivity index (χ3v) is 2.83. The van der Waals surface area contributed by atoms with E-state index in [2.05, 4.69) is 5.10 Å². The van der Waals surface area contributed by atoms with Gasteiger partial charge < -0.3 is 0 Å². The first-order valence-electron chi connectivity index (χ1n) is 5.48. The van der Waals surface area contributed by atoms with Crippen LogP contribution in [0.2, 0.25) is 0 Å². The van der Waals surface area contributed by atoms with Crippen molar-refractivity contribution in [1.82, 2.24) is 9.78 Å². The third-order valence-electron chi connectivity index (χ3n) is 2.83. The predicted octanol–water partition coefficient (Wildman–Crippen LogP) is 3.22. The molecule has 2 aromatic carbocycles. The first-order chi connectivity index (χ1) is 8.34. The molecule has 17 heavy (non-hydrogen) atoms. The molecule has 0 radical (unpaired) electrons. The molecule has 1 aromatic heterocycles. The Hall–Kier alpha value is -2.16. The molecule has 0 fully saturated rings. The topological polar surface area (TPSA) is 17.8 Å². The first-order valence-corrected chi connectivity index (χ1v) is 5.48. The van der Waals surface area contributed by atoms with Gasteiger partial charge in [0.15, 0.2) is 0 Å². The van der Waals surface area contributed by atoms with Crippen LogP contribution in [0.1, 0.15) is 5.56 Å². The molecule has 0 aliphatic carbocycles. The van der Waals surface area contributed by atoms with Crippen molar-refractivity contribution in [3.05, 3.63) is 66.1 Å². The zero-order valence-corrected chi connectivity index (χ0v) is 9.18. The fourth-order valence-corrected chi connectivity index (χ4v) is 1.94. The zero-order chi connectivity index (χ0) is 11.7. The summed E-state index contributed by atoms with van der Waals surface area (Å²) in [5.41, 5.74) is 1.68. The molecule has 3 rings (SSSR count). The number of hydrogen-bond acceptors (Lipinski definition) is 1. The molecular weight excluding hydrogens is 215 g/mol. The number of para-hydroxylation sites is 1. The number of nitrogens with zero attached hydrogens (tertiary/aromatic N) is 2. The van der Waals surface area contributed by atoms with E-state index in [1.54, 1.807) is 18.3 Å². The summed E-state index contributed by atoms with van der Waals surface area (Å²) in [6, 6.07) is 14.7. The summed E-state index contributed by atoms with van der Waals surface area (Å²) in [7, 11) is 0. The van der Waals surface area contributed by atoms with Crippen molar-refractivity contribution in [2.75, 3.05) is 0 Å². The Labute approximate surface area is 98.3 Å². The molecule has 0 atom stereocenters. The zero-order valence-electron chi connectivity index (χ0n) is 9.18. The van der Waals surface area contributed by atoms with Crippen LogP contribution in [0, 0.1) is 5.82 Å². The van der Waals surface area contributed by atoms with E-state index in [4.69, 9.17) is 0 Å². The van der Waals surface area contributed by atoms with E-state index in [1.807, 2.05) is 35.0 Å². The fourth-order valence-electron chi connectivity index (χ4n) is 1.94. The standard InChI is InChI=1S/C14H11FN2/c15-13-7-3-1-6-12(13)10-17-14-8-4-2-5-11(14)9-16-17/h1-9H,10H2. The Balaban J connectivity index is 2.03. The molecule has 0 saturated carbocycles. The Morgan fingerprint density at radius 1 is 1.00 bits per heavy atom. The van der Waals surface area contributed by atoms with Gasteiger partial charge in [-0.1, -0.05) is 36.4 Å². The first kappa shape index (κ1) is 10.0. The minimum atomic E-state index is -0.188. The van der Waals surface area contributed by atoms with Gasteiger partial charge in [0.25, 0.3) is 0 Å². The lowest BCUT2D eigenvalue weighted by Gasteiger charge is -2.04. The van der Waals surface area contributed by atoms with Gasteiger partial charge >= 0.3 is 0 Å². The summed E-state index contributed by atoms with van der Waals surface area (Å²) in [5.74, 6) is -0.188. The Kier molecular flexibility index (Phi) is 2.37. The molecule has 3 heteroatoms.